The Hall–Kier alpha value is -7.20. The zero-order chi connectivity index (χ0) is 40.7. The Balaban J connectivity index is 1.03. The third kappa shape index (κ3) is 5.20. The van der Waals surface area contributed by atoms with Gasteiger partial charge in [-0.25, -0.2) is 0 Å². The van der Waals surface area contributed by atoms with Crippen molar-refractivity contribution in [2.75, 3.05) is 9.80 Å². The minimum Gasteiger partial charge on any atom is -0.310 e. The quantitative estimate of drug-likeness (QED) is 0.165. The van der Waals surface area contributed by atoms with E-state index < -0.39 is 5.41 Å². The molecule has 1 aromatic heterocycles. The first-order chi connectivity index (χ1) is 30.0. The molecule has 0 amide bonds. The van der Waals surface area contributed by atoms with Crippen molar-refractivity contribution in [1.82, 2.24) is 0 Å². The molecule has 0 saturated heterocycles. The fraction of sp³-hybridized carbons (Fsp3) is 0.0690. The Labute approximate surface area is 361 Å². The molecule has 290 valence electrons. The molecule has 10 aromatic rings. The van der Waals surface area contributed by atoms with Gasteiger partial charge in [-0.3, -0.25) is 0 Å². The molecule has 3 heteroatoms. The second kappa shape index (κ2) is 13.7. The van der Waals surface area contributed by atoms with Gasteiger partial charge in [-0.15, -0.1) is 11.3 Å². The van der Waals surface area contributed by atoms with Crippen molar-refractivity contribution in [3.63, 3.8) is 0 Å². The van der Waals surface area contributed by atoms with Gasteiger partial charge in [0.15, 0.2) is 0 Å². The maximum absolute atomic E-state index is 2.47. The lowest BCUT2D eigenvalue weighted by molar-refractivity contribution is 0.660. The number of benzene rings is 9. The summed E-state index contributed by atoms with van der Waals surface area (Å²) in [6.45, 7) is 4.71. The highest BCUT2D eigenvalue weighted by molar-refractivity contribution is 7.26. The number of hydrogen-bond donors (Lipinski definition) is 0. The highest BCUT2D eigenvalue weighted by Crippen LogP contribution is 2.60. The van der Waals surface area contributed by atoms with Crippen molar-refractivity contribution >= 4 is 65.6 Å². The van der Waals surface area contributed by atoms with Crippen molar-refractivity contribution in [1.29, 1.82) is 0 Å². The molecule has 0 spiro atoms. The Morgan fingerprint density at radius 1 is 0.410 bits per heavy atom. The summed E-state index contributed by atoms with van der Waals surface area (Å²) in [6.07, 6.45) is 0. The Morgan fingerprint density at radius 3 is 1.69 bits per heavy atom. The summed E-state index contributed by atoms with van der Waals surface area (Å²) in [5.74, 6) is 0. The van der Waals surface area contributed by atoms with E-state index in [1.165, 1.54) is 76.1 Å². The van der Waals surface area contributed by atoms with Crippen molar-refractivity contribution in [2.24, 2.45) is 0 Å². The lowest BCUT2D eigenvalue weighted by atomic mass is 9.62. The van der Waals surface area contributed by atoms with Crippen LogP contribution in [0.15, 0.2) is 218 Å². The lowest BCUT2D eigenvalue weighted by Gasteiger charge is -2.46. The van der Waals surface area contributed by atoms with E-state index in [4.69, 9.17) is 0 Å². The van der Waals surface area contributed by atoms with Gasteiger partial charge in [-0.05, 0) is 111 Å². The second-order valence-corrected chi connectivity index (χ2v) is 17.9. The van der Waals surface area contributed by atoms with Crippen LogP contribution in [0.25, 0.3) is 31.3 Å². The summed E-state index contributed by atoms with van der Waals surface area (Å²) in [4.78, 5) is 4.87. The van der Waals surface area contributed by atoms with Crippen molar-refractivity contribution in [3.05, 3.63) is 252 Å². The molecule has 2 nitrogen and oxygen atoms in total. The van der Waals surface area contributed by atoms with Crippen molar-refractivity contribution < 1.29 is 0 Å². The zero-order valence-electron chi connectivity index (χ0n) is 34.1. The van der Waals surface area contributed by atoms with Crippen LogP contribution in [0.4, 0.5) is 34.1 Å². The molecule has 61 heavy (non-hydrogen) atoms. The maximum atomic E-state index is 2.47. The molecule has 0 radical (unpaired) electrons. The monoisotopic (exact) mass is 798 g/mol. The first-order valence-electron chi connectivity index (χ1n) is 21.2. The second-order valence-electron chi connectivity index (χ2n) is 16.9. The van der Waals surface area contributed by atoms with Crippen molar-refractivity contribution in [2.45, 2.75) is 24.7 Å². The van der Waals surface area contributed by atoms with E-state index in [0.717, 1.165) is 22.7 Å². The largest absolute Gasteiger partial charge is 0.310 e. The van der Waals surface area contributed by atoms with E-state index in [-0.39, 0.29) is 5.41 Å². The summed E-state index contributed by atoms with van der Waals surface area (Å²) in [6, 6.07) is 80.9. The molecule has 12 rings (SSSR count). The molecule has 1 aliphatic heterocycles. The molecular formula is C58H42N2S. The molecule has 0 fully saturated rings. The Kier molecular flexibility index (Phi) is 8.01. The van der Waals surface area contributed by atoms with Crippen LogP contribution in [0, 0.1) is 0 Å². The van der Waals surface area contributed by atoms with Crippen LogP contribution < -0.4 is 9.80 Å². The highest BCUT2D eigenvalue weighted by Gasteiger charge is 2.47. The van der Waals surface area contributed by atoms with Gasteiger partial charge in [0, 0.05) is 48.3 Å². The van der Waals surface area contributed by atoms with E-state index in [9.17, 15) is 0 Å². The van der Waals surface area contributed by atoms with Gasteiger partial charge in [0.05, 0.1) is 16.8 Å². The minimum absolute atomic E-state index is 0.0966. The third-order valence-corrected chi connectivity index (χ3v) is 14.5. The number of anilines is 6. The van der Waals surface area contributed by atoms with Gasteiger partial charge in [-0.1, -0.05) is 166 Å². The van der Waals surface area contributed by atoms with Gasteiger partial charge < -0.3 is 9.80 Å². The molecule has 0 bridgehead atoms. The molecule has 2 heterocycles. The Bertz CT molecular complexity index is 3240. The fourth-order valence-corrected chi connectivity index (χ4v) is 11.9. The van der Waals surface area contributed by atoms with Gasteiger partial charge in [-0.2, -0.15) is 0 Å². The van der Waals surface area contributed by atoms with Crippen LogP contribution in [0.3, 0.4) is 0 Å². The van der Waals surface area contributed by atoms with Crippen LogP contribution >= 0.6 is 11.3 Å². The number of rotatable bonds is 6. The normalized spacial score (nSPS) is 14.3. The Morgan fingerprint density at radius 2 is 0.951 bits per heavy atom. The van der Waals surface area contributed by atoms with Gasteiger partial charge in [0.1, 0.15) is 0 Å². The summed E-state index contributed by atoms with van der Waals surface area (Å²) in [5.41, 5.74) is 16.7. The standard InChI is InChI=1S/C58H42N2S/c1-57(2)48-25-11-9-22-44(48)45-37-36-43(38-52(45)57)59(40-20-7-4-8-21-40)41-32-34-42(35-33-41)60-53-29-14-12-26-49(53)58(39-18-5-3-6-19-39,50-27-13-15-30-54(50)60)51-28-17-24-47-46-23-10-16-31-55(46)61-56(47)51/h3-38H,1-2H3. The number of hydrogen-bond acceptors (Lipinski definition) is 3. The lowest BCUT2D eigenvalue weighted by Crippen LogP contribution is -2.37. The van der Waals surface area contributed by atoms with Crippen LogP contribution in [0.1, 0.15) is 47.2 Å². The first kappa shape index (κ1) is 35.7. The van der Waals surface area contributed by atoms with E-state index >= 15 is 0 Å². The average molecular weight is 799 g/mol. The summed E-state index contributed by atoms with van der Waals surface area (Å²) in [7, 11) is 0. The van der Waals surface area contributed by atoms with E-state index in [1.807, 2.05) is 11.3 Å². The summed E-state index contributed by atoms with van der Waals surface area (Å²) in [5, 5.41) is 2.62. The number of thiophene rings is 1. The first-order valence-corrected chi connectivity index (χ1v) is 22.0. The van der Waals surface area contributed by atoms with Gasteiger partial charge in [0.2, 0.25) is 0 Å². The average Bonchev–Trinajstić information content (AvgIpc) is 3.81. The molecule has 0 atom stereocenters. The number of nitrogens with zero attached hydrogens (tertiary/aromatic N) is 2. The number of para-hydroxylation sites is 3. The van der Waals surface area contributed by atoms with E-state index in [2.05, 4.69) is 242 Å². The van der Waals surface area contributed by atoms with E-state index in [1.54, 1.807) is 0 Å². The maximum Gasteiger partial charge on any atom is 0.0756 e. The fourth-order valence-electron chi connectivity index (χ4n) is 10.6. The third-order valence-electron chi connectivity index (χ3n) is 13.3. The summed E-state index contributed by atoms with van der Waals surface area (Å²) < 4.78 is 2.64. The zero-order valence-corrected chi connectivity index (χ0v) is 34.9. The molecule has 0 unspecified atom stereocenters. The smallest absolute Gasteiger partial charge is 0.0756 e. The van der Waals surface area contributed by atoms with E-state index in [0.29, 0.717) is 0 Å². The summed E-state index contributed by atoms with van der Waals surface area (Å²) >= 11 is 1.91. The molecule has 1 aliphatic carbocycles. The highest BCUT2D eigenvalue weighted by atomic mass is 32.1. The van der Waals surface area contributed by atoms with Crippen LogP contribution in [-0.4, -0.2) is 0 Å². The predicted octanol–water partition coefficient (Wildman–Crippen LogP) is 16.0. The van der Waals surface area contributed by atoms with Gasteiger partial charge >= 0.3 is 0 Å². The molecule has 0 saturated carbocycles. The minimum atomic E-state index is -0.573. The SMILES string of the molecule is CC1(C)c2ccccc2-c2ccc(N(c3ccccc3)c3ccc(N4c5ccccc5C(c5ccccc5)(c5cccc6c5sc5ccccc56)c5ccccc54)cc3)cc21. The van der Waals surface area contributed by atoms with Crippen LogP contribution in [0.2, 0.25) is 0 Å². The van der Waals surface area contributed by atoms with Gasteiger partial charge in [0.25, 0.3) is 0 Å². The molecular weight excluding hydrogens is 757 g/mol. The van der Waals surface area contributed by atoms with Crippen LogP contribution in [0.5, 0.6) is 0 Å². The topological polar surface area (TPSA) is 6.48 Å². The molecule has 2 aliphatic rings. The molecule has 9 aromatic carbocycles. The predicted molar refractivity (Wildman–Crippen MR) is 258 cm³/mol. The number of fused-ring (bicyclic) bond motifs is 8. The van der Waals surface area contributed by atoms with Crippen LogP contribution in [-0.2, 0) is 10.8 Å². The van der Waals surface area contributed by atoms with Crippen molar-refractivity contribution in [3.8, 4) is 11.1 Å². The molecule has 0 N–H and O–H groups in total.